The predicted molar refractivity (Wildman–Crippen MR) is 140 cm³/mol. The zero-order chi connectivity index (χ0) is 23.2. The molecule has 3 aromatic carbocycles. The first kappa shape index (κ1) is 23.0. The molecular weight excluding hydrogens is 402 g/mol. The fourth-order valence-corrected chi connectivity index (χ4v) is 4.67. The van der Waals surface area contributed by atoms with Crippen LogP contribution in [0.15, 0.2) is 78.9 Å². The zero-order valence-corrected chi connectivity index (χ0v) is 20.1. The van der Waals surface area contributed by atoms with Crippen LogP contribution >= 0.6 is 0 Å². The number of carbonyl (C=O) groups excluding carboxylic acids is 1. The van der Waals surface area contributed by atoms with E-state index in [2.05, 4.69) is 98.5 Å². The Labute approximate surface area is 199 Å². The normalized spacial score (nSPS) is 17.8. The summed E-state index contributed by atoms with van der Waals surface area (Å²) in [5, 5.41) is 0. The number of ketones is 1. The molecule has 3 aromatic rings. The van der Waals surface area contributed by atoms with Gasteiger partial charge in [-0.05, 0) is 73.9 Å². The van der Waals surface area contributed by atoms with Gasteiger partial charge in [0.1, 0.15) is 0 Å². The third kappa shape index (κ3) is 6.01. The Balaban J connectivity index is 0.000000172. The monoisotopic (exact) mass is 437 g/mol. The number of hydrogen-bond acceptors (Lipinski definition) is 2. The maximum absolute atomic E-state index is 12.3. The Morgan fingerprint density at radius 2 is 1.48 bits per heavy atom. The minimum Gasteiger partial charge on any atom is -0.372 e. The van der Waals surface area contributed by atoms with Crippen LogP contribution in [0.3, 0.4) is 0 Å². The standard InChI is InChI=1S/C19H18O.C12H17N/c1-13-3-6-15(7-4-13)12-18-17-11-14(2)5-8-16(17)9-10-19(18)20;1-11-7-9-13(10-8-11)12-5-3-2-4-6-12/h3-11,18H,12H2,1-2H3;2-6,11H,7-10H2,1H3. The molecule has 33 heavy (non-hydrogen) atoms. The molecule has 1 aliphatic heterocycles. The van der Waals surface area contributed by atoms with Crippen LogP contribution in [0.1, 0.15) is 53.5 Å². The van der Waals surface area contributed by atoms with Crippen LogP contribution in [0.5, 0.6) is 0 Å². The molecule has 1 unspecified atom stereocenters. The number of aryl methyl sites for hydroxylation is 2. The van der Waals surface area contributed by atoms with Crippen LogP contribution < -0.4 is 4.90 Å². The van der Waals surface area contributed by atoms with E-state index in [0.29, 0.717) is 0 Å². The molecule has 1 aliphatic carbocycles. The van der Waals surface area contributed by atoms with Crippen molar-refractivity contribution in [3.63, 3.8) is 0 Å². The van der Waals surface area contributed by atoms with E-state index in [1.54, 1.807) is 6.08 Å². The van der Waals surface area contributed by atoms with Gasteiger partial charge in [0.25, 0.3) is 0 Å². The smallest absolute Gasteiger partial charge is 0.163 e. The summed E-state index contributed by atoms with van der Waals surface area (Å²) in [5.74, 6) is 1.08. The molecular formula is C31H35NO. The molecule has 0 spiro atoms. The molecule has 0 bridgehead atoms. The van der Waals surface area contributed by atoms with Crippen molar-refractivity contribution in [3.8, 4) is 0 Å². The molecule has 0 saturated carbocycles. The van der Waals surface area contributed by atoms with Crippen molar-refractivity contribution in [2.45, 2.75) is 46.0 Å². The zero-order valence-electron chi connectivity index (χ0n) is 20.1. The second-order valence-corrected chi connectivity index (χ2v) is 9.62. The molecule has 2 heteroatoms. The molecule has 170 valence electrons. The van der Waals surface area contributed by atoms with E-state index in [1.165, 1.54) is 53.9 Å². The molecule has 0 N–H and O–H groups in total. The number of hydrogen-bond donors (Lipinski definition) is 0. The number of rotatable bonds is 3. The van der Waals surface area contributed by atoms with E-state index in [-0.39, 0.29) is 11.7 Å². The predicted octanol–water partition coefficient (Wildman–Crippen LogP) is 7.15. The number of benzene rings is 3. The van der Waals surface area contributed by atoms with Crippen LogP contribution in [0, 0.1) is 19.8 Å². The Kier molecular flexibility index (Phi) is 7.44. The number of piperidine rings is 1. The minimum atomic E-state index is -0.0439. The van der Waals surface area contributed by atoms with E-state index >= 15 is 0 Å². The largest absolute Gasteiger partial charge is 0.372 e. The number of nitrogens with zero attached hydrogens (tertiary/aromatic N) is 1. The van der Waals surface area contributed by atoms with Gasteiger partial charge in [-0.2, -0.15) is 0 Å². The highest BCUT2D eigenvalue weighted by Gasteiger charge is 2.24. The van der Waals surface area contributed by atoms with Crippen molar-refractivity contribution in [1.29, 1.82) is 0 Å². The lowest BCUT2D eigenvalue weighted by Gasteiger charge is -2.32. The molecule has 1 heterocycles. The van der Waals surface area contributed by atoms with E-state index in [9.17, 15) is 4.79 Å². The van der Waals surface area contributed by atoms with Gasteiger partial charge in [0.2, 0.25) is 0 Å². The average Bonchev–Trinajstić information content (AvgIpc) is 2.84. The summed E-state index contributed by atoms with van der Waals surface area (Å²) in [6.45, 7) is 8.96. The van der Waals surface area contributed by atoms with Crippen molar-refractivity contribution in [2.24, 2.45) is 5.92 Å². The topological polar surface area (TPSA) is 20.3 Å². The number of carbonyl (C=O) groups is 1. The molecule has 5 rings (SSSR count). The number of para-hydroxylation sites is 1. The van der Waals surface area contributed by atoms with E-state index in [1.807, 2.05) is 6.08 Å². The first-order valence-corrected chi connectivity index (χ1v) is 12.2. The van der Waals surface area contributed by atoms with Crippen LogP contribution in [0.4, 0.5) is 5.69 Å². The molecule has 2 aliphatic rings. The van der Waals surface area contributed by atoms with Gasteiger partial charge < -0.3 is 4.90 Å². The summed E-state index contributed by atoms with van der Waals surface area (Å²) >= 11 is 0. The maximum atomic E-state index is 12.3. The van der Waals surface area contributed by atoms with Crippen LogP contribution in [-0.2, 0) is 11.2 Å². The molecule has 1 saturated heterocycles. The average molecular weight is 438 g/mol. The van der Waals surface area contributed by atoms with Gasteiger partial charge in [0.15, 0.2) is 5.78 Å². The maximum Gasteiger partial charge on any atom is 0.163 e. The van der Waals surface area contributed by atoms with Crippen molar-refractivity contribution in [1.82, 2.24) is 0 Å². The lowest BCUT2D eigenvalue weighted by atomic mass is 9.81. The first-order valence-electron chi connectivity index (χ1n) is 12.2. The Morgan fingerprint density at radius 1 is 0.818 bits per heavy atom. The molecule has 2 nitrogen and oxygen atoms in total. The lowest BCUT2D eigenvalue weighted by molar-refractivity contribution is -0.116. The molecule has 1 atom stereocenters. The number of allylic oxidation sites excluding steroid dienone is 1. The van der Waals surface area contributed by atoms with Crippen LogP contribution in [0.2, 0.25) is 0 Å². The molecule has 0 aromatic heterocycles. The Bertz CT molecular complexity index is 1090. The molecule has 0 radical (unpaired) electrons. The van der Waals surface area contributed by atoms with E-state index in [4.69, 9.17) is 0 Å². The second-order valence-electron chi connectivity index (χ2n) is 9.62. The fourth-order valence-electron chi connectivity index (χ4n) is 4.67. The minimum absolute atomic E-state index is 0.0439. The molecule has 1 fully saturated rings. The first-order chi connectivity index (χ1) is 16.0. The summed E-state index contributed by atoms with van der Waals surface area (Å²) in [6, 6.07) is 25.5. The highest BCUT2D eigenvalue weighted by atomic mass is 16.1. The highest BCUT2D eigenvalue weighted by molar-refractivity contribution is 6.02. The third-order valence-electron chi connectivity index (χ3n) is 6.85. The third-order valence-corrected chi connectivity index (χ3v) is 6.85. The van der Waals surface area contributed by atoms with Gasteiger partial charge in [-0.3, -0.25) is 4.79 Å². The lowest BCUT2D eigenvalue weighted by Crippen LogP contribution is -2.32. The van der Waals surface area contributed by atoms with Gasteiger partial charge in [0, 0.05) is 18.8 Å². The second kappa shape index (κ2) is 10.7. The van der Waals surface area contributed by atoms with Gasteiger partial charge in [-0.1, -0.05) is 84.8 Å². The van der Waals surface area contributed by atoms with Gasteiger partial charge in [-0.15, -0.1) is 0 Å². The SMILES string of the molecule is CC1CCN(c2ccccc2)CC1.Cc1ccc(CC2C(=O)C=Cc3ccc(C)cc32)cc1. The number of anilines is 1. The van der Waals surface area contributed by atoms with Crippen molar-refractivity contribution in [3.05, 3.63) is 107 Å². The summed E-state index contributed by atoms with van der Waals surface area (Å²) < 4.78 is 0. The fraction of sp³-hybridized carbons (Fsp3) is 0.323. The summed E-state index contributed by atoms with van der Waals surface area (Å²) in [6.07, 6.45) is 7.11. The quantitative estimate of drug-likeness (QED) is 0.434. The number of fused-ring (bicyclic) bond motifs is 1. The Hall–Kier alpha value is -3.13. The van der Waals surface area contributed by atoms with Crippen molar-refractivity contribution in [2.75, 3.05) is 18.0 Å². The van der Waals surface area contributed by atoms with Crippen LogP contribution in [-0.4, -0.2) is 18.9 Å². The van der Waals surface area contributed by atoms with Gasteiger partial charge in [-0.25, -0.2) is 0 Å². The Morgan fingerprint density at radius 3 is 2.18 bits per heavy atom. The summed E-state index contributed by atoms with van der Waals surface area (Å²) in [5.41, 5.74) is 7.40. The van der Waals surface area contributed by atoms with E-state index < -0.39 is 0 Å². The highest BCUT2D eigenvalue weighted by Crippen LogP contribution is 2.31. The molecule has 0 amide bonds. The van der Waals surface area contributed by atoms with Crippen molar-refractivity contribution < 1.29 is 4.79 Å². The van der Waals surface area contributed by atoms with Gasteiger partial charge >= 0.3 is 0 Å². The van der Waals surface area contributed by atoms with Gasteiger partial charge in [0.05, 0.1) is 5.92 Å². The van der Waals surface area contributed by atoms with E-state index in [0.717, 1.165) is 17.9 Å². The van der Waals surface area contributed by atoms with Crippen LogP contribution in [0.25, 0.3) is 6.08 Å². The van der Waals surface area contributed by atoms with Crippen molar-refractivity contribution >= 4 is 17.5 Å². The summed E-state index contributed by atoms with van der Waals surface area (Å²) in [4.78, 5) is 14.7. The summed E-state index contributed by atoms with van der Waals surface area (Å²) in [7, 11) is 0.